The third kappa shape index (κ3) is 3.61. The second kappa shape index (κ2) is 7.50. The van der Waals surface area contributed by atoms with Crippen LogP contribution in [-0.4, -0.2) is 10.5 Å². The molecule has 0 saturated heterocycles. The number of hydrogen-bond donors (Lipinski definition) is 0. The number of esters is 1. The van der Waals surface area contributed by atoms with E-state index in [4.69, 9.17) is 16.3 Å². The SMILES string of the molecule is CCC(=O)OC(C)c1c(C)c2cc(F)ccc2n1Cc1ccc(Cl)cc1. The highest BCUT2D eigenvalue weighted by atomic mass is 35.5. The quantitative estimate of drug-likeness (QED) is 0.529. The molecular formula is C21H21ClFNO2. The predicted molar refractivity (Wildman–Crippen MR) is 102 cm³/mol. The van der Waals surface area contributed by atoms with Crippen LogP contribution in [0.3, 0.4) is 0 Å². The van der Waals surface area contributed by atoms with Crippen molar-refractivity contribution in [3.8, 4) is 0 Å². The van der Waals surface area contributed by atoms with Crippen LogP contribution in [0, 0.1) is 12.7 Å². The van der Waals surface area contributed by atoms with Crippen molar-refractivity contribution in [2.75, 3.05) is 0 Å². The Hall–Kier alpha value is -2.33. The van der Waals surface area contributed by atoms with Gasteiger partial charge in [0.15, 0.2) is 0 Å². The lowest BCUT2D eigenvalue weighted by molar-refractivity contribution is -0.148. The summed E-state index contributed by atoms with van der Waals surface area (Å²) in [6.07, 6.45) is -0.111. The fourth-order valence-corrected chi connectivity index (χ4v) is 3.44. The summed E-state index contributed by atoms with van der Waals surface area (Å²) < 4.78 is 21.4. The maximum atomic E-state index is 13.8. The van der Waals surface area contributed by atoms with Gasteiger partial charge in [0.05, 0.1) is 5.69 Å². The van der Waals surface area contributed by atoms with E-state index in [0.717, 1.165) is 27.7 Å². The van der Waals surface area contributed by atoms with E-state index >= 15 is 0 Å². The van der Waals surface area contributed by atoms with Gasteiger partial charge in [-0.1, -0.05) is 30.7 Å². The molecule has 3 nitrogen and oxygen atoms in total. The fraction of sp³-hybridized carbons (Fsp3) is 0.286. The molecule has 0 fully saturated rings. The molecule has 2 aromatic carbocycles. The molecule has 0 N–H and O–H groups in total. The van der Waals surface area contributed by atoms with Crippen molar-refractivity contribution in [2.24, 2.45) is 0 Å². The molecule has 1 aromatic heterocycles. The Morgan fingerprint density at radius 2 is 1.92 bits per heavy atom. The van der Waals surface area contributed by atoms with Crippen LogP contribution in [-0.2, 0) is 16.1 Å². The highest BCUT2D eigenvalue weighted by Gasteiger charge is 2.22. The molecule has 0 spiro atoms. The average Bonchev–Trinajstić information content (AvgIpc) is 2.88. The van der Waals surface area contributed by atoms with Crippen molar-refractivity contribution < 1.29 is 13.9 Å². The molecule has 3 rings (SSSR count). The minimum Gasteiger partial charge on any atom is -0.456 e. The van der Waals surface area contributed by atoms with Crippen molar-refractivity contribution in [3.05, 3.63) is 70.1 Å². The molecule has 3 aromatic rings. The highest BCUT2D eigenvalue weighted by Crippen LogP contribution is 2.33. The summed E-state index contributed by atoms with van der Waals surface area (Å²) in [6.45, 7) is 6.13. The maximum absolute atomic E-state index is 13.8. The summed E-state index contributed by atoms with van der Waals surface area (Å²) in [5.74, 6) is -0.541. The second-order valence-corrected chi connectivity index (χ2v) is 6.81. The summed E-state index contributed by atoms with van der Waals surface area (Å²) in [5.41, 5.74) is 3.77. The second-order valence-electron chi connectivity index (χ2n) is 6.37. The Kier molecular flexibility index (Phi) is 5.33. The first-order valence-electron chi connectivity index (χ1n) is 8.62. The molecular weight excluding hydrogens is 353 g/mol. The number of aromatic nitrogens is 1. The first-order chi connectivity index (χ1) is 12.4. The van der Waals surface area contributed by atoms with Crippen LogP contribution >= 0.6 is 11.6 Å². The van der Waals surface area contributed by atoms with Crippen molar-refractivity contribution in [1.29, 1.82) is 0 Å². The monoisotopic (exact) mass is 373 g/mol. The molecule has 0 aliphatic heterocycles. The van der Waals surface area contributed by atoms with E-state index in [1.807, 2.05) is 38.1 Å². The number of carbonyl (C=O) groups excluding carboxylic acids is 1. The molecule has 1 atom stereocenters. The minimum absolute atomic E-state index is 0.258. The van der Waals surface area contributed by atoms with Crippen molar-refractivity contribution in [1.82, 2.24) is 4.57 Å². The first kappa shape index (κ1) is 18.5. The topological polar surface area (TPSA) is 31.2 Å². The van der Waals surface area contributed by atoms with Gasteiger partial charge in [0.2, 0.25) is 0 Å². The lowest BCUT2D eigenvalue weighted by Gasteiger charge is -2.18. The van der Waals surface area contributed by atoms with E-state index in [1.165, 1.54) is 12.1 Å². The van der Waals surface area contributed by atoms with Gasteiger partial charge >= 0.3 is 5.97 Å². The van der Waals surface area contributed by atoms with E-state index < -0.39 is 6.10 Å². The van der Waals surface area contributed by atoms with E-state index in [0.29, 0.717) is 18.0 Å². The zero-order chi connectivity index (χ0) is 18.8. The van der Waals surface area contributed by atoms with Gasteiger partial charge in [-0.3, -0.25) is 4.79 Å². The van der Waals surface area contributed by atoms with Crippen LogP contribution in [0.15, 0.2) is 42.5 Å². The zero-order valence-corrected chi connectivity index (χ0v) is 15.8. The molecule has 0 aliphatic carbocycles. The number of hydrogen-bond acceptors (Lipinski definition) is 2. The number of ether oxygens (including phenoxy) is 1. The maximum Gasteiger partial charge on any atom is 0.306 e. The van der Waals surface area contributed by atoms with Crippen LogP contribution in [0.1, 0.15) is 43.2 Å². The van der Waals surface area contributed by atoms with Crippen LogP contribution < -0.4 is 0 Å². The Morgan fingerprint density at radius 3 is 2.58 bits per heavy atom. The molecule has 1 heterocycles. The molecule has 0 radical (unpaired) electrons. The summed E-state index contributed by atoms with van der Waals surface area (Å²) in [4.78, 5) is 11.8. The molecule has 0 aliphatic rings. The van der Waals surface area contributed by atoms with Gasteiger partial charge in [-0.25, -0.2) is 4.39 Å². The molecule has 26 heavy (non-hydrogen) atoms. The smallest absolute Gasteiger partial charge is 0.306 e. The summed E-state index contributed by atoms with van der Waals surface area (Å²) >= 11 is 5.98. The predicted octanol–water partition coefficient (Wildman–Crippen LogP) is 5.80. The number of aryl methyl sites for hydroxylation is 1. The largest absolute Gasteiger partial charge is 0.456 e. The molecule has 1 unspecified atom stereocenters. The number of carbonyl (C=O) groups is 1. The standard InChI is InChI=1S/C21H21ClFNO2/c1-4-20(25)26-14(3)21-13(2)18-11-17(23)9-10-19(18)24(21)12-15-5-7-16(22)8-6-15/h5-11,14H,4,12H2,1-3H3. The number of nitrogens with zero attached hydrogens (tertiary/aromatic N) is 1. The first-order valence-corrected chi connectivity index (χ1v) is 9.00. The Labute approximate surface area is 157 Å². The normalized spacial score (nSPS) is 12.3. The van der Waals surface area contributed by atoms with E-state index in [2.05, 4.69) is 4.57 Å². The average molecular weight is 374 g/mol. The number of fused-ring (bicyclic) bond motifs is 1. The third-order valence-electron chi connectivity index (χ3n) is 4.56. The van der Waals surface area contributed by atoms with E-state index in [1.54, 1.807) is 13.0 Å². The van der Waals surface area contributed by atoms with Crippen LogP contribution in [0.25, 0.3) is 10.9 Å². The number of halogens is 2. The van der Waals surface area contributed by atoms with Gasteiger partial charge in [-0.2, -0.15) is 0 Å². The van der Waals surface area contributed by atoms with Gasteiger partial charge < -0.3 is 9.30 Å². The number of rotatable bonds is 5. The molecule has 0 amide bonds. The lowest BCUT2D eigenvalue weighted by atomic mass is 10.1. The van der Waals surface area contributed by atoms with Gasteiger partial charge in [0.1, 0.15) is 11.9 Å². The van der Waals surface area contributed by atoms with Crippen molar-refractivity contribution in [3.63, 3.8) is 0 Å². The fourth-order valence-electron chi connectivity index (χ4n) is 3.32. The lowest BCUT2D eigenvalue weighted by Crippen LogP contribution is -2.14. The summed E-state index contributed by atoms with van der Waals surface area (Å²) in [6, 6.07) is 12.3. The van der Waals surface area contributed by atoms with E-state index in [-0.39, 0.29) is 11.8 Å². The molecule has 5 heteroatoms. The van der Waals surface area contributed by atoms with Gasteiger partial charge in [0.25, 0.3) is 0 Å². The van der Waals surface area contributed by atoms with Crippen LogP contribution in [0.5, 0.6) is 0 Å². The van der Waals surface area contributed by atoms with Crippen LogP contribution in [0.4, 0.5) is 4.39 Å². The van der Waals surface area contributed by atoms with E-state index in [9.17, 15) is 9.18 Å². The number of benzene rings is 2. The highest BCUT2D eigenvalue weighted by molar-refractivity contribution is 6.30. The minimum atomic E-state index is -0.426. The zero-order valence-electron chi connectivity index (χ0n) is 15.1. The Morgan fingerprint density at radius 1 is 1.23 bits per heavy atom. The van der Waals surface area contributed by atoms with Crippen LogP contribution in [0.2, 0.25) is 5.02 Å². The summed E-state index contributed by atoms with van der Waals surface area (Å²) in [5, 5.41) is 1.50. The molecule has 0 saturated carbocycles. The van der Waals surface area contributed by atoms with Gasteiger partial charge in [-0.15, -0.1) is 0 Å². The molecule has 136 valence electrons. The van der Waals surface area contributed by atoms with Crippen molar-refractivity contribution >= 4 is 28.5 Å². The van der Waals surface area contributed by atoms with Gasteiger partial charge in [-0.05, 0) is 55.3 Å². The molecule has 0 bridgehead atoms. The van der Waals surface area contributed by atoms with Crippen molar-refractivity contribution in [2.45, 2.75) is 39.8 Å². The van der Waals surface area contributed by atoms with Gasteiger partial charge in [0, 0.05) is 28.9 Å². The third-order valence-corrected chi connectivity index (χ3v) is 4.82. The Bertz CT molecular complexity index is 947. The summed E-state index contributed by atoms with van der Waals surface area (Å²) in [7, 11) is 0. The Balaban J connectivity index is 2.12.